The molecule has 8 heteroatoms. The molecule has 0 aliphatic rings. The van der Waals surface area contributed by atoms with Gasteiger partial charge in [0.2, 0.25) is 6.23 Å². The van der Waals surface area contributed by atoms with Crippen LogP contribution in [0.2, 0.25) is 0 Å². The summed E-state index contributed by atoms with van der Waals surface area (Å²) in [6.07, 6.45) is 1.12. The van der Waals surface area contributed by atoms with Crippen LogP contribution < -0.4 is 4.74 Å². The van der Waals surface area contributed by atoms with E-state index in [4.69, 9.17) is 8.92 Å². The van der Waals surface area contributed by atoms with Crippen molar-refractivity contribution in [3.8, 4) is 5.75 Å². The quantitative estimate of drug-likeness (QED) is 0.543. The van der Waals surface area contributed by atoms with Crippen LogP contribution >= 0.6 is 0 Å². The summed E-state index contributed by atoms with van der Waals surface area (Å²) in [7, 11) is -4.03. The molecule has 29 heavy (non-hydrogen) atoms. The molecule has 0 radical (unpaired) electrons. The fourth-order valence-electron chi connectivity index (χ4n) is 2.76. The maximum absolute atomic E-state index is 13.0. The van der Waals surface area contributed by atoms with Gasteiger partial charge in [-0.25, -0.2) is 9.67 Å². The van der Waals surface area contributed by atoms with E-state index in [2.05, 4.69) is 10.1 Å². The molecule has 154 valence electrons. The van der Waals surface area contributed by atoms with Gasteiger partial charge in [-0.15, -0.1) is 0 Å². The molecule has 2 atom stereocenters. The predicted octanol–water partition coefficient (Wildman–Crippen LogP) is 3.98. The summed E-state index contributed by atoms with van der Waals surface area (Å²) in [5, 5.41) is 4.17. The van der Waals surface area contributed by atoms with Crippen LogP contribution in [0.25, 0.3) is 0 Å². The molecule has 0 saturated carbocycles. The Morgan fingerprint density at radius 2 is 1.66 bits per heavy atom. The molecule has 3 aromatic rings. The number of hydrogen-bond acceptors (Lipinski definition) is 6. The maximum Gasteiger partial charge on any atom is 0.297 e. The SMILES string of the molecule is Cc1ccc(S(=O)(=O)OC(C(Oc2ccccc2)n2cncn2)C(C)(C)C)cc1. The molecule has 3 rings (SSSR count). The van der Waals surface area contributed by atoms with Crippen molar-refractivity contribution in [1.82, 2.24) is 14.8 Å². The highest BCUT2D eigenvalue weighted by Gasteiger charge is 2.40. The van der Waals surface area contributed by atoms with Gasteiger partial charge in [0.05, 0.1) is 4.90 Å². The lowest BCUT2D eigenvalue weighted by molar-refractivity contribution is -0.0541. The van der Waals surface area contributed by atoms with Gasteiger partial charge in [-0.2, -0.15) is 13.5 Å². The lowest BCUT2D eigenvalue weighted by Crippen LogP contribution is -2.42. The summed E-state index contributed by atoms with van der Waals surface area (Å²) in [6.45, 7) is 7.56. The zero-order valence-corrected chi connectivity index (χ0v) is 17.7. The van der Waals surface area contributed by atoms with Gasteiger partial charge >= 0.3 is 0 Å². The molecule has 0 aliphatic carbocycles. The lowest BCUT2D eigenvalue weighted by Gasteiger charge is -2.35. The molecular weight excluding hydrogens is 390 g/mol. The molecule has 0 fully saturated rings. The average molecular weight is 416 g/mol. The summed E-state index contributed by atoms with van der Waals surface area (Å²) in [6, 6.07) is 15.7. The maximum atomic E-state index is 13.0. The van der Waals surface area contributed by atoms with Gasteiger partial charge in [0.1, 0.15) is 24.5 Å². The van der Waals surface area contributed by atoms with Crippen LogP contribution in [0.4, 0.5) is 0 Å². The van der Waals surface area contributed by atoms with Gasteiger partial charge in [0, 0.05) is 0 Å². The predicted molar refractivity (Wildman–Crippen MR) is 109 cm³/mol. The van der Waals surface area contributed by atoms with Crippen LogP contribution in [0.1, 0.15) is 32.6 Å². The van der Waals surface area contributed by atoms with Crippen LogP contribution in [0.3, 0.4) is 0 Å². The van der Waals surface area contributed by atoms with Crippen molar-refractivity contribution in [2.24, 2.45) is 5.41 Å². The van der Waals surface area contributed by atoms with Crippen LogP contribution in [0.15, 0.2) is 72.1 Å². The first-order chi connectivity index (χ1) is 13.7. The highest BCUT2D eigenvalue weighted by Crippen LogP contribution is 2.35. The first kappa shape index (κ1) is 21.0. The number of aromatic nitrogens is 3. The minimum atomic E-state index is -4.03. The fraction of sp³-hybridized carbons (Fsp3) is 0.333. The molecule has 0 amide bonds. The Balaban J connectivity index is 1.99. The van der Waals surface area contributed by atoms with E-state index >= 15 is 0 Å². The third-order valence-electron chi connectivity index (χ3n) is 4.35. The molecule has 1 aromatic heterocycles. The fourth-order valence-corrected chi connectivity index (χ4v) is 4.00. The van der Waals surface area contributed by atoms with E-state index < -0.39 is 27.9 Å². The molecule has 0 spiro atoms. The molecular formula is C21H25N3O4S. The second kappa shape index (κ2) is 8.34. The number of aryl methyl sites for hydroxylation is 1. The molecule has 0 N–H and O–H groups in total. The number of para-hydroxylation sites is 1. The van der Waals surface area contributed by atoms with Crippen molar-refractivity contribution >= 4 is 10.1 Å². The van der Waals surface area contributed by atoms with Gasteiger partial charge in [-0.3, -0.25) is 4.18 Å². The third-order valence-corrected chi connectivity index (χ3v) is 5.66. The standard InChI is InChI=1S/C21H25N3O4S/c1-16-10-12-18(13-11-16)29(25,26)28-19(21(2,3)4)20(24-15-22-14-23-24)27-17-8-6-5-7-9-17/h5-15,19-20H,1-4H3. The second-order valence-electron chi connectivity index (χ2n) is 7.85. The van der Waals surface area contributed by atoms with E-state index in [-0.39, 0.29) is 4.90 Å². The normalized spacial score (nSPS) is 14.3. The Hall–Kier alpha value is -2.71. The Morgan fingerprint density at radius 3 is 2.21 bits per heavy atom. The molecule has 2 aromatic carbocycles. The first-order valence-corrected chi connectivity index (χ1v) is 10.6. The zero-order valence-electron chi connectivity index (χ0n) is 16.9. The molecule has 0 bridgehead atoms. The van der Waals surface area contributed by atoms with Crippen LogP contribution in [-0.4, -0.2) is 29.3 Å². The average Bonchev–Trinajstić information content (AvgIpc) is 3.19. The minimum Gasteiger partial charge on any atom is -0.466 e. The minimum absolute atomic E-state index is 0.0920. The largest absolute Gasteiger partial charge is 0.466 e. The van der Waals surface area contributed by atoms with Crippen molar-refractivity contribution in [3.05, 3.63) is 72.8 Å². The van der Waals surface area contributed by atoms with Crippen molar-refractivity contribution < 1.29 is 17.3 Å². The monoisotopic (exact) mass is 415 g/mol. The summed E-state index contributed by atoms with van der Waals surface area (Å²) < 4.78 is 39.3. The van der Waals surface area contributed by atoms with E-state index in [1.807, 2.05) is 45.9 Å². The van der Waals surface area contributed by atoms with Crippen molar-refractivity contribution in [2.45, 2.75) is 44.9 Å². The summed E-state index contributed by atoms with van der Waals surface area (Å²) in [5.74, 6) is 0.568. The van der Waals surface area contributed by atoms with Gasteiger partial charge in [0.25, 0.3) is 10.1 Å². The van der Waals surface area contributed by atoms with E-state index in [1.54, 1.807) is 24.3 Å². The number of rotatable bonds is 7. The molecule has 1 heterocycles. The van der Waals surface area contributed by atoms with Crippen molar-refractivity contribution in [2.75, 3.05) is 0 Å². The number of ether oxygens (including phenoxy) is 1. The number of benzene rings is 2. The van der Waals surface area contributed by atoms with Gasteiger partial charge < -0.3 is 4.74 Å². The number of hydrogen-bond donors (Lipinski definition) is 0. The van der Waals surface area contributed by atoms with Gasteiger partial charge in [-0.05, 0) is 36.6 Å². The van der Waals surface area contributed by atoms with Gasteiger partial charge in [-0.1, -0.05) is 56.7 Å². The topological polar surface area (TPSA) is 83.3 Å². The summed E-state index contributed by atoms with van der Waals surface area (Å²) in [5.41, 5.74) is 0.368. The van der Waals surface area contributed by atoms with Crippen LogP contribution in [-0.2, 0) is 14.3 Å². The summed E-state index contributed by atoms with van der Waals surface area (Å²) in [4.78, 5) is 4.07. The van der Waals surface area contributed by atoms with Crippen molar-refractivity contribution in [3.63, 3.8) is 0 Å². The molecule has 2 unspecified atom stereocenters. The molecule has 0 aliphatic heterocycles. The molecule has 7 nitrogen and oxygen atoms in total. The highest BCUT2D eigenvalue weighted by molar-refractivity contribution is 7.86. The van der Waals surface area contributed by atoms with E-state index in [1.165, 1.54) is 29.5 Å². The van der Waals surface area contributed by atoms with E-state index in [9.17, 15) is 8.42 Å². The summed E-state index contributed by atoms with van der Waals surface area (Å²) >= 11 is 0. The Bertz CT molecular complexity index is 1010. The number of nitrogens with zero attached hydrogens (tertiary/aromatic N) is 3. The molecule has 0 saturated heterocycles. The zero-order chi connectivity index (χ0) is 21.1. The van der Waals surface area contributed by atoms with Gasteiger partial charge in [0.15, 0.2) is 0 Å². The van der Waals surface area contributed by atoms with E-state index in [0.717, 1.165) is 5.56 Å². The second-order valence-corrected chi connectivity index (χ2v) is 9.42. The van der Waals surface area contributed by atoms with E-state index in [0.29, 0.717) is 5.75 Å². The Kier molecular flexibility index (Phi) is 6.04. The first-order valence-electron chi connectivity index (χ1n) is 9.22. The van der Waals surface area contributed by atoms with Crippen LogP contribution in [0, 0.1) is 12.3 Å². The van der Waals surface area contributed by atoms with Crippen molar-refractivity contribution in [1.29, 1.82) is 0 Å². The Labute approximate surface area is 171 Å². The highest BCUT2D eigenvalue weighted by atomic mass is 32.2. The smallest absolute Gasteiger partial charge is 0.297 e. The van der Waals surface area contributed by atoms with Crippen LogP contribution in [0.5, 0.6) is 5.75 Å². The third kappa shape index (κ3) is 5.21. The Morgan fingerprint density at radius 1 is 1.00 bits per heavy atom. The lowest BCUT2D eigenvalue weighted by atomic mass is 9.88.